The van der Waals surface area contributed by atoms with E-state index < -0.39 is 0 Å². The highest BCUT2D eigenvalue weighted by molar-refractivity contribution is 9.10. The molecule has 1 fully saturated rings. The van der Waals surface area contributed by atoms with Gasteiger partial charge in [0.15, 0.2) is 0 Å². The Bertz CT molecular complexity index is 480. The van der Waals surface area contributed by atoms with E-state index >= 15 is 0 Å². The Morgan fingerprint density at radius 2 is 2.28 bits per heavy atom. The third-order valence-corrected chi connectivity index (χ3v) is 3.62. The van der Waals surface area contributed by atoms with Crippen molar-refractivity contribution in [1.29, 1.82) is 0 Å². The maximum atomic E-state index is 11.9. The van der Waals surface area contributed by atoms with Crippen molar-refractivity contribution < 1.29 is 9.59 Å². The number of amides is 2. The van der Waals surface area contributed by atoms with E-state index in [-0.39, 0.29) is 24.4 Å². The molecule has 5 nitrogen and oxygen atoms in total. The summed E-state index contributed by atoms with van der Waals surface area (Å²) in [5, 5.41) is 8.34. The van der Waals surface area contributed by atoms with Crippen LogP contribution in [0, 0.1) is 6.92 Å². The first kappa shape index (κ1) is 13.0. The Labute approximate surface area is 113 Å². The van der Waals surface area contributed by atoms with Gasteiger partial charge in [0.25, 0.3) is 0 Å². The van der Waals surface area contributed by atoms with E-state index in [1.807, 2.05) is 25.1 Å². The van der Waals surface area contributed by atoms with Gasteiger partial charge in [-0.15, -0.1) is 0 Å². The van der Waals surface area contributed by atoms with Crippen LogP contribution in [-0.4, -0.2) is 30.9 Å². The van der Waals surface area contributed by atoms with Crippen LogP contribution < -0.4 is 16.0 Å². The Morgan fingerprint density at radius 1 is 1.50 bits per heavy atom. The van der Waals surface area contributed by atoms with Gasteiger partial charge in [0.2, 0.25) is 11.8 Å². The van der Waals surface area contributed by atoms with Crippen molar-refractivity contribution in [3.8, 4) is 0 Å². The average Bonchev–Trinajstić information content (AvgIpc) is 2.34. The van der Waals surface area contributed by atoms with Crippen LogP contribution in [0.4, 0.5) is 5.69 Å². The molecule has 2 amide bonds. The van der Waals surface area contributed by atoms with Crippen LogP contribution in [0.25, 0.3) is 0 Å². The molecule has 0 radical (unpaired) electrons. The second-order valence-corrected chi connectivity index (χ2v) is 5.05. The predicted octanol–water partition coefficient (Wildman–Crippen LogP) is 0.784. The summed E-state index contributed by atoms with van der Waals surface area (Å²) in [6.07, 6.45) is 0. The Morgan fingerprint density at radius 3 is 2.89 bits per heavy atom. The highest BCUT2D eigenvalue weighted by atomic mass is 79.9. The third-order valence-electron chi connectivity index (χ3n) is 2.77. The molecular weight excluding hydrogens is 298 g/mol. The fourth-order valence-electron chi connectivity index (χ4n) is 1.65. The molecule has 0 aliphatic carbocycles. The minimum atomic E-state index is -0.386. The zero-order valence-corrected chi connectivity index (χ0v) is 11.5. The molecule has 1 unspecified atom stereocenters. The number of halogens is 1. The molecule has 0 spiro atoms. The lowest BCUT2D eigenvalue weighted by molar-refractivity contribution is -0.124. The molecule has 1 heterocycles. The van der Waals surface area contributed by atoms with Gasteiger partial charge in [0, 0.05) is 16.7 Å². The quantitative estimate of drug-likeness (QED) is 0.756. The zero-order valence-electron chi connectivity index (χ0n) is 9.92. The van der Waals surface area contributed by atoms with Gasteiger partial charge >= 0.3 is 0 Å². The third kappa shape index (κ3) is 3.08. The number of aryl methyl sites for hydroxylation is 1. The number of anilines is 1. The van der Waals surface area contributed by atoms with Gasteiger partial charge in [-0.25, -0.2) is 0 Å². The van der Waals surface area contributed by atoms with Gasteiger partial charge in [0.1, 0.15) is 6.04 Å². The summed E-state index contributed by atoms with van der Waals surface area (Å²) in [5.41, 5.74) is 1.84. The van der Waals surface area contributed by atoms with E-state index in [0.29, 0.717) is 6.54 Å². The summed E-state index contributed by atoms with van der Waals surface area (Å²) < 4.78 is 0.949. The second-order valence-electron chi connectivity index (χ2n) is 4.19. The van der Waals surface area contributed by atoms with Crippen molar-refractivity contribution in [1.82, 2.24) is 10.6 Å². The molecule has 0 bridgehead atoms. The smallest absolute Gasteiger partial charge is 0.243 e. The molecule has 6 heteroatoms. The van der Waals surface area contributed by atoms with Gasteiger partial charge < -0.3 is 10.6 Å². The summed E-state index contributed by atoms with van der Waals surface area (Å²) in [6.45, 7) is 2.47. The molecular formula is C12H14BrN3O2. The Balaban J connectivity index is 1.98. The van der Waals surface area contributed by atoms with Crippen LogP contribution in [0.2, 0.25) is 0 Å². The zero-order chi connectivity index (χ0) is 13.1. The van der Waals surface area contributed by atoms with E-state index in [1.54, 1.807) is 0 Å². The SMILES string of the molecule is Cc1ccc(NC(=O)C2CNC(=O)CN2)cc1Br. The van der Waals surface area contributed by atoms with Crippen molar-refractivity contribution in [2.75, 3.05) is 18.4 Å². The molecule has 0 aromatic heterocycles. The predicted molar refractivity (Wildman–Crippen MR) is 72.3 cm³/mol. The number of hydrogen-bond acceptors (Lipinski definition) is 3. The highest BCUT2D eigenvalue weighted by Gasteiger charge is 2.23. The van der Waals surface area contributed by atoms with Crippen LogP contribution in [0.15, 0.2) is 22.7 Å². The normalized spacial score (nSPS) is 19.2. The maximum Gasteiger partial charge on any atom is 0.243 e. The van der Waals surface area contributed by atoms with Gasteiger partial charge in [0.05, 0.1) is 6.54 Å². The second kappa shape index (κ2) is 5.49. The maximum absolute atomic E-state index is 11.9. The van der Waals surface area contributed by atoms with Crippen molar-refractivity contribution in [3.05, 3.63) is 28.2 Å². The van der Waals surface area contributed by atoms with Gasteiger partial charge in [-0.05, 0) is 24.6 Å². The first-order valence-corrected chi connectivity index (χ1v) is 6.42. The summed E-state index contributed by atoms with van der Waals surface area (Å²) >= 11 is 3.42. The number of nitrogens with one attached hydrogen (secondary N) is 3. The van der Waals surface area contributed by atoms with Crippen LogP contribution in [0.5, 0.6) is 0 Å². The molecule has 1 aliphatic rings. The van der Waals surface area contributed by atoms with Gasteiger partial charge in [-0.2, -0.15) is 0 Å². The molecule has 3 N–H and O–H groups in total. The first-order chi connectivity index (χ1) is 8.56. The van der Waals surface area contributed by atoms with Crippen molar-refractivity contribution in [2.24, 2.45) is 0 Å². The molecule has 96 valence electrons. The van der Waals surface area contributed by atoms with Crippen LogP contribution in [0.3, 0.4) is 0 Å². The lowest BCUT2D eigenvalue weighted by atomic mass is 10.2. The van der Waals surface area contributed by atoms with Gasteiger partial charge in [-0.3, -0.25) is 14.9 Å². The van der Waals surface area contributed by atoms with Crippen molar-refractivity contribution >= 4 is 33.4 Å². The molecule has 1 saturated heterocycles. The van der Waals surface area contributed by atoms with Gasteiger partial charge in [-0.1, -0.05) is 22.0 Å². The summed E-state index contributed by atoms with van der Waals surface area (Å²) in [7, 11) is 0. The van der Waals surface area contributed by atoms with Crippen LogP contribution >= 0.6 is 15.9 Å². The van der Waals surface area contributed by atoms with E-state index in [4.69, 9.17) is 0 Å². The molecule has 2 rings (SSSR count). The van der Waals surface area contributed by atoms with Crippen molar-refractivity contribution in [3.63, 3.8) is 0 Å². The van der Waals surface area contributed by atoms with E-state index in [1.165, 1.54) is 0 Å². The van der Waals surface area contributed by atoms with Crippen molar-refractivity contribution in [2.45, 2.75) is 13.0 Å². The summed E-state index contributed by atoms with van der Waals surface area (Å²) in [4.78, 5) is 22.9. The Hall–Kier alpha value is -1.40. The topological polar surface area (TPSA) is 70.2 Å². The van der Waals surface area contributed by atoms with E-state index in [9.17, 15) is 9.59 Å². The lowest BCUT2D eigenvalue weighted by Gasteiger charge is -2.23. The molecule has 1 atom stereocenters. The number of rotatable bonds is 2. The van der Waals surface area contributed by atoms with E-state index in [2.05, 4.69) is 31.9 Å². The molecule has 1 aromatic rings. The average molecular weight is 312 g/mol. The van der Waals surface area contributed by atoms with Crippen LogP contribution in [-0.2, 0) is 9.59 Å². The minimum absolute atomic E-state index is 0.0860. The molecule has 1 aromatic carbocycles. The minimum Gasteiger partial charge on any atom is -0.353 e. The lowest BCUT2D eigenvalue weighted by Crippen LogP contribution is -2.56. The molecule has 0 saturated carbocycles. The highest BCUT2D eigenvalue weighted by Crippen LogP contribution is 2.20. The number of carbonyl (C=O) groups is 2. The summed E-state index contributed by atoms with van der Waals surface area (Å²) in [6, 6.07) is 5.24. The number of carbonyl (C=O) groups excluding carboxylic acids is 2. The van der Waals surface area contributed by atoms with Crippen LogP contribution in [0.1, 0.15) is 5.56 Å². The largest absolute Gasteiger partial charge is 0.353 e. The fraction of sp³-hybridized carbons (Fsp3) is 0.333. The number of piperazine rings is 1. The summed E-state index contributed by atoms with van der Waals surface area (Å²) in [5.74, 6) is -0.233. The molecule has 1 aliphatic heterocycles. The standard InChI is InChI=1S/C12H14BrN3O2/c1-7-2-3-8(4-9(7)13)16-12(18)10-5-15-11(17)6-14-10/h2-4,10,14H,5-6H2,1H3,(H,15,17)(H,16,18). The number of hydrogen-bond donors (Lipinski definition) is 3. The Kier molecular flexibility index (Phi) is 3.98. The molecule has 18 heavy (non-hydrogen) atoms. The number of benzene rings is 1. The fourth-order valence-corrected chi connectivity index (χ4v) is 2.03. The van der Waals surface area contributed by atoms with E-state index in [0.717, 1.165) is 15.7 Å². The monoisotopic (exact) mass is 311 g/mol. The first-order valence-electron chi connectivity index (χ1n) is 5.63.